The second kappa shape index (κ2) is 5.66. The van der Waals surface area contributed by atoms with Crippen molar-refractivity contribution in [2.75, 3.05) is 11.9 Å². The molecule has 0 saturated heterocycles. The Labute approximate surface area is 110 Å². The van der Waals surface area contributed by atoms with E-state index in [9.17, 15) is 20.0 Å². The maximum Gasteiger partial charge on any atom is 0.335 e. The minimum absolute atomic E-state index is 0.0516. The molecule has 1 unspecified atom stereocenters. The Hall–Kier alpha value is -2.15. The van der Waals surface area contributed by atoms with E-state index in [0.29, 0.717) is 6.42 Å². The summed E-state index contributed by atoms with van der Waals surface area (Å²) in [6.07, 6.45) is 0.465. The van der Waals surface area contributed by atoms with Crippen LogP contribution in [0.5, 0.6) is 0 Å². The van der Waals surface area contributed by atoms with E-state index in [0.717, 1.165) is 6.07 Å². The number of benzene rings is 1. The lowest BCUT2D eigenvalue weighted by Gasteiger charge is -2.22. The summed E-state index contributed by atoms with van der Waals surface area (Å²) < 4.78 is 0. The molecule has 1 rings (SSSR count). The van der Waals surface area contributed by atoms with Crippen LogP contribution >= 0.6 is 0 Å². The molecule has 7 heteroatoms. The number of carbonyl (C=O) groups is 1. The molecule has 0 heterocycles. The number of hydrogen-bond donors (Lipinski definition) is 3. The fourth-order valence-electron chi connectivity index (χ4n) is 1.38. The number of nitrogens with one attached hydrogen (secondary N) is 1. The molecule has 0 aromatic heterocycles. The number of hydrogen-bond acceptors (Lipinski definition) is 5. The van der Waals surface area contributed by atoms with Crippen molar-refractivity contribution in [3.8, 4) is 0 Å². The zero-order valence-electron chi connectivity index (χ0n) is 10.7. The van der Waals surface area contributed by atoms with Crippen LogP contribution in [-0.4, -0.2) is 33.3 Å². The maximum atomic E-state index is 10.9. The second-order valence-corrected chi connectivity index (χ2v) is 4.50. The van der Waals surface area contributed by atoms with Gasteiger partial charge in [-0.25, -0.2) is 4.79 Å². The standard InChI is InChI=1S/C12H16N2O5/c1-3-12(2,17)7-13-9-6-8(11(15)16)4-5-10(9)14(18)19/h4-6,13,17H,3,7H2,1-2H3,(H,15,16). The van der Waals surface area contributed by atoms with Gasteiger partial charge in [-0.15, -0.1) is 0 Å². The molecule has 1 atom stereocenters. The van der Waals surface area contributed by atoms with Gasteiger partial charge in [0.15, 0.2) is 0 Å². The van der Waals surface area contributed by atoms with Gasteiger partial charge in [-0.3, -0.25) is 10.1 Å². The number of nitro benzene ring substituents is 1. The van der Waals surface area contributed by atoms with E-state index >= 15 is 0 Å². The Balaban J connectivity index is 3.04. The molecule has 0 saturated carbocycles. The van der Waals surface area contributed by atoms with Crippen LogP contribution in [0.25, 0.3) is 0 Å². The number of rotatable bonds is 6. The molecule has 0 spiro atoms. The quantitative estimate of drug-likeness (QED) is 0.536. The smallest absolute Gasteiger partial charge is 0.335 e. The molecule has 0 bridgehead atoms. The zero-order valence-corrected chi connectivity index (χ0v) is 10.7. The molecular weight excluding hydrogens is 252 g/mol. The largest absolute Gasteiger partial charge is 0.478 e. The van der Waals surface area contributed by atoms with Crippen LogP contribution in [0.3, 0.4) is 0 Å². The summed E-state index contributed by atoms with van der Waals surface area (Å²) in [5.74, 6) is -1.17. The van der Waals surface area contributed by atoms with Gasteiger partial charge in [0.05, 0.1) is 16.1 Å². The number of aliphatic hydroxyl groups is 1. The van der Waals surface area contributed by atoms with E-state index in [4.69, 9.17) is 5.11 Å². The van der Waals surface area contributed by atoms with Crippen LogP contribution in [0.15, 0.2) is 18.2 Å². The summed E-state index contributed by atoms with van der Waals surface area (Å²) in [5, 5.41) is 32.3. The molecule has 0 aliphatic rings. The van der Waals surface area contributed by atoms with Crippen molar-refractivity contribution in [1.29, 1.82) is 0 Å². The average molecular weight is 268 g/mol. The van der Waals surface area contributed by atoms with Crippen LogP contribution in [-0.2, 0) is 0 Å². The SMILES string of the molecule is CCC(C)(O)CNc1cc(C(=O)O)ccc1[N+](=O)[O-]. The topological polar surface area (TPSA) is 113 Å². The van der Waals surface area contributed by atoms with Gasteiger partial charge in [0, 0.05) is 12.6 Å². The number of carboxylic acids is 1. The molecule has 1 aromatic carbocycles. The van der Waals surface area contributed by atoms with Crippen LogP contribution in [0.4, 0.5) is 11.4 Å². The molecule has 0 radical (unpaired) electrons. The summed E-state index contributed by atoms with van der Waals surface area (Å²) in [4.78, 5) is 21.1. The van der Waals surface area contributed by atoms with Crippen molar-refractivity contribution >= 4 is 17.3 Å². The minimum Gasteiger partial charge on any atom is -0.478 e. The van der Waals surface area contributed by atoms with E-state index in [1.807, 2.05) is 0 Å². The van der Waals surface area contributed by atoms with Crippen LogP contribution in [0.2, 0.25) is 0 Å². The molecule has 19 heavy (non-hydrogen) atoms. The lowest BCUT2D eigenvalue weighted by atomic mass is 10.0. The lowest BCUT2D eigenvalue weighted by molar-refractivity contribution is -0.384. The molecule has 0 aliphatic heterocycles. The monoisotopic (exact) mass is 268 g/mol. The highest BCUT2D eigenvalue weighted by atomic mass is 16.6. The van der Waals surface area contributed by atoms with E-state index in [1.54, 1.807) is 13.8 Å². The predicted octanol–water partition coefficient (Wildman–Crippen LogP) is 1.87. The summed E-state index contributed by atoms with van der Waals surface area (Å²) in [6.45, 7) is 3.46. The highest BCUT2D eigenvalue weighted by molar-refractivity contribution is 5.90. The average Bonchev–Trinajstić information content (AvgIpc) is 2.35. The molecule has 3 N–H and O–H groups in total. The van der Waals surface area contributed by atoms with Gasteiger partial charge in [-0.1, -0.05) is 6.92 Å². The minimum atomic E-state index is -1.17. The number of aromatic carboxylic acids is 1. The fraction of sp³-hybridized carbons (Fsp3) is 0.417. The number of carboxylic acid groups (broad SMARTS) is 1. The first-order valence-corrected chi connectivity index (χ1v) is 5.75. The molecule has 1 aromatic rings. The maximum absolute atomic E-state index is 10.9. The van der Waals surface area contributed by atoms with E-state index in [2.05, 4.69) is 5.32 Å². The van der Waals surface area contributed by atoms with Gasteiger partial charge in [0.25, 0.3) is 5.69 Å². The highest BCUT2D eigenvalue weighted by Gasteiger charge is 2.21. The summed E-state index contributed by atoms with van der Waals surface area (Å²) in [7, 11) is 0. The van der Waals surface area contributed by atoms with Crippen molar-refractivity contribution in [3.63, 3.8) is 0 Å². The Morgan fingerprint density at radius 3 is 2.63 bits per heavy atom. The van der Waals surface area contributed by atoms with E-state index in [1.165, 1.54) is 12.1 Å². The summed E-state index contributed by atoms with van der Waals surface area (Å²) in [5.41, 5.74) is -1.22. The lowest BCUT2D eigenvalue weighted by Crippen LogP contribution is -2.32. The van der Waals surface area contributed by atoms with Gasteiger partial charge in [-0.05, 0) is 25.5 Å². The highest BCUT2D eigenvalue weighted by Crippen LogP contribution is 2.26. The summed E-state index contributed by atoms with van der Waals surface area (Å²) >= 11 is 0. The predicted molar refractivity (Wildman–Crippen MR) is 69.5 cm³/mol. The van der Waals surface area contributed by atoms with Gasteiger partial charge >= 0.3 is 5.97 Å². The van der Waals surface area contributed by atoms with E-state index < -0.39 is 16.5 Å². The molecule has 0 amide bonds. The van der Waals surface area contributed by atoms with Gasteiger partial charge in [-0.2, -0.15) is 0 Å². The van der Waals surface area contributed by atoms with Gasteiger partial charge < -0.3 is 15.5 Å². The van der Waals surface area contributed by atoms with Crippen LogP contribution in [0, 0.1) is 10.1 Å². The molecule has 0 aliphatic carbocycles. The Morgan fingerprint density at radius 1 is 1.53 bits per heavy atom. The normalized spacial score (nSPS) is 13.6. The first-order valence-electron chi connectivity index (χ1n) is 5.75. The fourth-order valence-corrected chi connectivity index (χ4v) is 1.38. The van der Waals surface area contributed by atoms with Crippen molar-refractivity contribution in [2.45, 2.75) is 25.9 Å². The number of nitrogens with zero attached hydrogens (tertiary/aromatic N) is 1. The van der Waals surface area contributed by atoms with Crippen LogP contribution < -0.4 is 5.32 Å². The number of anilines is 1. The summed E-state index contributed by atoms with van der Waals surface area (Å²) in [6, 6.07) is 3.49. The van der Waals surface area contributed by atoms with Crippen molar-refractivity contribution in [3.05, 3.63) is 33.9 Å². The first kappa shape index (κ1) is 14.9. The third-order valence-electron chi connectivity index (χ3n) is 2.86. The molecule has 104 valence electrons. The van der Waals surface area contributed by atoms with Crippen LogP contribution in [0.1, 0.15) is 30.6 Å². The Morgan fingerprint density at radius 2 is 2.16 bits per heavy atom. The molecule has 0 fully saturated rings. The number of nitro groups is 1. The van der Waals surface area contributed by atoms with Crippen molar-refractivity contribution < 1.29 is 19.9 Å². The third kappa shape index (κ3) is 3.92. The van der Waals surface area contributed by atoms with Crippen molar-refractivity contribution in [1.82, 2.24) is 0 Å². The Kier molecular flexibility index (Phi) is 4.44. The molecule has 7 nitrogen and oxygen atoms in total. The first-order chi connectivity index (χ1) is 8.76. The zero-order chi connectivity index (χ0) is 14.6. The third-order valence-corrected chi connectivity index (χ3v) is 2.86. The molecular formula is C12H16N2O5. The van der Waals surface area contributed by atoms with Gasteiger partial charge in [0.1, 0.15) is 5.69 Å². The van der Waals surface area contributed by atoms with E-state index in [-0.39, 0.29) is 23.5 Å². The second-order valence-electron chi connectivity index (χ2n) is 4.50. The Bertz CT molecular complexity index is 499. The van der Waals surface area contributed by atoms with Gasteiger partial charge in [0.2, 0.25) is 0 Å². The van der Waals surface area contributed by atoms with Crippen molar-refractivity contribution in [2.24, 2.45) is 0 Å².